The number of methoxy groups -OCH3 is 1. The van der Waals surface area contributed by atoms with Gasteiger partial charge >= 0.3 is 0 Å². The Balaban J connectivity index is 2.67. The van der Waals surface area contributed by atoms with Crippen molar-refractivity contribution in [2.45, 2.75) is 13.0 Å². The van der Waals surface area contributed by atoms with Crippen molar-refractivity contribution in [2.24, 2.45) is 0 Å². The van der Waals surface area contributed by atoms with E-state index in [4.69, 9.17) is 17.0 Å². The molecule has 1 aromatic rings. The van der Waals surface area contributed by atoms with Gasteiger partial charge in [-0.2, -0.15) is 0 Å². The summed E-state index contributed by atoms with van der Waals surface area (Å²) in [4.78, 5) is 10.4. The zero-order valence-electron chi connectivity index (χ0n) is 10.2. The number of ether oxygens (including phenoxy) is 1. The van der Waals surface area contributed by atoms with Crippen LogP contribution in [0.15, 0.2) is 24.3 Å². The number of thiocarbonyl (C=S) groups is 1. The lowest BCUT2D eigenvalue weighted by Gasteiger charge is -2.16. The van der Waals surface area contributed by atoms with E-state index in [0.29, 0.717) is 17.4 Å². The van der Waals surface area contributed by atoms with Crippen molar-refractivity contribution < 1.29 is 9.66 Å². The number of hydrogen-bond donors (Lipinski definition) is 2. The van der Waals surface area contributed by atoms with E-state index in [1.165, 1.54) is 6.07 Å². The Morgan fingerprint density at radius 3 is 2.83 bits per heavy atom. The molecule has 0 aromatic heterocycles. The summed E-state index contributed by atoms with van der Waals surface area (Å²) in [5, 5.41) is 16.9. The standard InChI is InChI=1S/C11H15N3O3S/c1-8(7-17-2)12-11(18)13-9-5-3-4-6-10(9)14(15)16/h3-6,8H,7H2,1-2H3,(H2,12,13,18)/t8-/m1/s1. The van der Waals surface area contributed by atoms with Gasteiger partial charge in [0.1, 0.15) is 5.69 Å². The molecule has 0 aliphatic rings. The maximum Gasteiger partial charge on any atom is 0.292 e. The van der Waals surface area contributed by atoms with Crippen LogP contribution >= 0.6 is 12.2 Å². The minimum absolute atomic E-state index is 0.0129. The van der Waals surface area contributed by atoms with Gasteiger partial charge in [-0.1, -0.05) is 12.1 Å². The zero-order chi connectivity index (χ0) is 13.5. The van der Waals surface area contributed by atoms with Gasteiger partial charge in [-0.25, -0.2) is 0 Å². The first-order valence-electron chi connectivity index (χ1n) is 5.34. The van der Waals surface area contributed by atoms with Crippen LogP contribution in [0.3, 0.4) is 0 Å². The lowest BCUT2D eigenvalue weighted by atomic mass is 10.3. The maximum absolute atomic E-state index is 10.8. The van der Waals surface area contributed by atoms with Crippen LogP contribution in [-0.2, 0) is 4.74 Å². The van der Waals surface area contributed by atoms with Gasteiger partial charge in [0.25, 0.3) is 5.69 Å². The molecule has 0 spiro atoms. The molecule has 0 aliphatic carbocycles. The molecule has 0 unspecified atom stereocenters. The molecule has 2 N–H and O–H groups in total. The number of nitro groups is 1. The van der Waals surface area contributed by atoms with Crippen LogP contribution in [0, 0.1) is 10.1 Å². The fraction of sp³-hybridized carbons (Fsp3) is 0.364. The second-order valence-corrected chi connectivity index (χ2v) is 4.14. The molecule has 0 radical (unpaired) electrons. The average molecular weight is 269 g/mol. The van der Waals surface area contributed by atoms with Gasteiger partial charge in [0.2, 0.25) is 0 Å². The number of para-hydroxylation sites is 2. The Kier molecular flexibility index (Phi) is 5.47. The van der Waals surface area contributed by atoms with Crippen molar-refractivity contribution in [1.29, 1.82) is 0 Å². The molecule has 7 heteroatoms. The van der Waals surface area contributed by atoms with E-state index >= 15 is 0 Å². The molecule has 1 atom stereocenters. The van der Waals surface area contributed by atoms with Gasteiger partial charge in [-0.15, -0.1) is 0 Å². The molecule has 6 nitrogen and oxygen atoms in total. The van der Waals surface area contributed by atoms with Gasteiger partial charge in [-0.05, 0) is 25.2 Å². The largest absolute Gasteiger partial charge is 0.383 e. The summed E-state index contributed by atoms with van der Waals surface area (Å²) in [5.41, 5.74) is 0.352. The number of hydrogen-bond acceptors (Lipinski definition) is 4. The number of benzene rings is 1. The third-order valence-corrected chi connectivity index (χ3v) is 2.36. The van der Waals surface area contributed by atoms with E-state index in [1.54, 1.807) is 25.3 Å². The highest BCUT2D eigenvalue weighted by molar-refractivity contribution is 7.80. The summed E-state index contributed by atoms with van der Waals surface area (Å²) in [6.45, 7) is 2.40. The minimum atomic E-state index is -0.455. The van der Waals surface area contributed by atoms with E-state index in [-0.39, 0.29) is 11.7 Å². The number of nitrogens with zero attached hydrogens (tertiary/aromatic N) is 1. The van der Waals surface area contributed by atoms with Crippen LogP contribution in [0.4, 0.5) is 11.4 Å². The van der Waals surface area contributed by atoms with Crippen LogP contribution < -0.4 is 10.6 Å². The average Bonchev–Trinajstić information content (AvgIpc) is 2.29. The number of nitro benzene ring substituents is 1. The highest BCUT2D eigenvalue weighted by Gasteiger charge is 2.13. The monoisotopic (exact) mass is 269 g/mol. The van der Waals surface area contributed by atoms with E-state index in [0.717, 1.165) is 0 Å². The Morgan fingerprint density at radius 1 is 1.56 bits per heavy atom. The maximum atomic E-state index is 10.8. The number of rotatable bonds is 5. The van der Waals surface area contributed by atoms with Crippen molar-refractivity contribution >= 4 is 28.7 Å². The Hall–Kier alpha value is -1.73. The zero-order valence-corrected chi connectivity index (χ0v) is 11.0. The minimum Gasteiger partial charge on any atom is -0.383 e. The first-order chi connectivity index (χ1) is 8.54. The Bertz CT molecular complexity index is 439. The molecule has 18 heavy (non-hydrogen) atoms. The second kappa shape index (κ2) is 6.87. The summed E-state index contributed by atoms with van der Waals surface area (Å²) in [5.74, 6) is 0. The van der Waals surface area contributed by atoms with E-state index in [1.807, 2.05) is 6.92 Å². The van der Waals surface area contributed by atoms with Gasteiger partial charge in [-0.3, -0.25) is 10.1 Å². The van der Waals surface area contributed by atoms with Crippen LogP contribution in [0.5, 0.6) is 0 Å². The van der Waals surface area contributed by atoms with Crippen LogP contribution in [0.25, 0.3) is 0 Å². The topological polar surface area (TPSA) is 76.4 Å². The van der Waals surface area contributed by atoms with Gasteiger partial charge in [0.05, 0.1) is 11.5 Å². The summed E-state index contributed by atoms with van der Waals surface area (Å²) in [7, 11) is 1.59. The second-order valence-electron chi connectivity index (χ2n) is 3.73. The summed E-state index contributed by atoms with van der Waals surface area (Å²) >= 11 is 5.07. The van der Waals surface area contributed by atoms with Crippen molar-refractivity contribution in [3.8, 4) is 0 Å². The van der Waals surface area contributed by atoms with E-state index in [2.05, 4.69) is 10.6 Å². The predicted molar refractivity (Wildman–Crippen MR) is 73.8 cm³/mol. The quantitative estimate of drug-likeness (QED) is 0.483. The fourth-order valence-electron chi connectivity index (χ4n) is 1.41. The lowest BCUT2D eigenvalue weighted by molar-refractivity contribution is -0.383. The molecule has 0 heterocycles. The Labute approximate surface area is 110 Å². The highest BCUT2D eigenvalue weighted by Crippen LogP contribution is 2.22. The SMILES string of the molecule is COC[C@@H](C)NC(=S)Nc1ccccc1[N+](=O)[O-]. The van der Waals surface area contributed by atoms with Crippen LogP contribution in [0.2, 0.25) is 0 Å². The molecule has 0 fully saturated rings. The molecule has 1 aromatic carbocycles. The molecular weight excluding hydrogens is 254 g/mol. The van der Waals surface area contributed by atoms with Crippen molar-refractivity contribution in [1.82, 2.24) is 5.32 Å². The summed E-state index contributed by atoms with van der Waals surface area (Å²) in [6, 6.07) is 6.36. The van der Waals surface area contributed by atoms with Crippen molar-refractivity contribution in [3.05, 3.63) is 34.4 Å². The highest BCUT2D eigenvalue weighted by atomic mass is 32.1. The van der Waals surface area contributed by atoms with Gasteiger partial charge in [0, 0.05) is 19.2 Å². The summed E-state index contributed by atoms with van der Waals surface area (Å²) < 4.78 is 4.96. The van der Waals surface area contributed by atoms with Crippen molar-refractivity contribution in [3.63, 3.8) is 0 Å². The van der Waals surface area contributed by atoms with Gasteiger partial charge < -0.3 is 15.4 Å². The van der Waals surface area contributed by atoms with E-state index in [9.17, 15) is 10.1 Å². The fourth-order valence-corrected chi connectivity index (χ4v) is 1.72. The normalized spacial score (nSPS) is 11.7. The molecule has 0 aliphatic heterocycles. The van der Waals surface area contributed by atoms with E-state index < -0.39 is 4.92 Å². The molecule has 0 saturated heterocycles. The van der Waals surface area contributed by atoms with Crippen molar-refractivity contribution in [2.75, 3.05) is 19.0 Å². The predicted octanol–water partition coefficient (Wildman–Crippen LogP) is 1.92. The third kappa shape index (κ3) is 4.27. The molecule has 98 valence electrons. The lowest BCUT2D eigenvalue weighted by Crippen LogP contribution is -2.38. The van der Waals surface area contributed by atoms with Crippen LogP contribution in [-0.4, -0.2) is 29.8 Å². The first kappa shape index (κ1) is 14.3. The molecule has 0 amide bonds. The molecular formula is C11H15N3O3S. The van der Waals surface area contributed by atoms with Crippen LogP contribution in [0.1, 0.15) is 6.92 Å². The molecule has 0 bridgehead atoms. The van der Waals surface area contributed by atoms with Gasteiger partial charge in [0.15, 0.2) is 5.11 Å². The third-order valence-electron chi connectivity index (χ3n) is 2.14. The Morgan fingerprint density at radius 2 is 2.22 bits per heavy atom. The molecule has 1 rings (SSSR count). The first-order valence-corrected chi connectivity index (χ1v) is 5.75. The summed E-state index contributed by atoms with van der Waals surface area (Å²) in [6.07, 6.45) is 0. The molecule has 0 saturated carbocycles. The number of anilines is 1. The number of nitrogens with one attached hydrogen (secondary N) is 2. The smallest absolute Gasteiger partial charge is 0.292 e.